The summed E-state index contributed by atoms with van der Waals surface area (Å²) in [5, 5.41) is 2.30. The highest BCUT2D eigenvalue weighted by Crippen LogP contribution is 2.34. The molecule has 3 aromatic heterocycles. The van der Waals surface area contributed by atoms with Gasteiger partial charge in [-0.05, 0) is 36.4 Å². The fraction of sp³-hybridized carbons (Fsp3) is 0. The summed E-state index contributed by atoms with van der Waals surface area (Å²) in [6, 6.07) is 9.01. The van der Waals surface area contributed by atoms with Crippen molar-refractivity contribution in [2.45, 2.75) is 4.90 Å². The molecule has 0 bridgehead atoms. The van der Waals surface area contributed by atoms with E-state index in [9.17, 15) is 12.8 Å². The van der Waals surface area contributed by atoms with Crippen LogP contribution in [0.2, 0.25) is 10.0 Å². The molecule has 0 aliphatic heterocycles. The second-order valence-corrected chi connectivity index (χ2v) is 9.63. The minimum atomic E-state index is -4.37. The molecular weight excluding hydrogens is 537 g/mol. The Hall–Kier alpha value is -3.87. The van der Waals surface area contributed by atoms with Crippen LogP contribution in [-0.4, -0.2) is 28.4 Å². The van der Waals surface area contributed by atoms with Crippen LogP contribution in [0.15, 0.2) is 70.6 Å². The quantitative estimate of drug-likeness (QED) is 0.272. The molecule has 0 radical (unpaired) electrons. The van der Waals surface area contributed by atoms with Crippen molar-refractivity contribution >= 4 is 61.5 Å². The number of hydrogen-bond donors (Lipinski definition) is 2. The summed E-state index contributed by atoms with van der Waals surface area (Å²) in [4.78, 5) is 16.2. The Balaban J connectivity index is 1.54. The normalized spacial score (nSPS) is 11.6. The van der Waals surface area contributed by atoms with E-state index in [1.54, 1.807) is 12.1 Å². The number of pyridine rings is 1. The number of oxazole rings is 1. The molecule has 2 aromatic carbocycles. The predicted molar refractivity (Wildman–Crippen MR) is 130 cm³/mol. The molecule has 14 heteroatoms. The van der Waals surface area contributed by atoms with E-state index < -0.39 is 33.0 Å². The van der Waals surface area contributed by atoms with Crippen molar-refractivity contribution in [3.8, 4) is 11.6 Å². The lowest BCUT2D eigenvalue weighted by molar-refractivity contribution is 0.572. The van der Waals surface area contributed by atoms with Crippen molar-refractivity contribution in [2.24, 2.45) is 0 Å². The lowest BCUT2D eigenvalue weighted by Gasteiger charge is -2.15. The fourth-order valence-electron chi connectivity index (χ4n) is 3.26. The number of anilines is 3. The Morgan fingerprint density at radius 1 is 0.972 bits per heavy atom. The number of aromatic nitrogens is 4. The first-order valence-electron chi connectivity index (χ1n) is 9.98. The number of halogens is 4. The molecule has 5 rings (SSSR count). The Kier molecular flexibility index (Phi) is 6.16. The third-order valence-corrected chi connectivity index (χ3v) is 7.26. The van der Waals surface area contributed by atoms with E-state index in [1.165, 1.54) is 37.0 Å². The first-order valence-corrected chi connectivity index (χ1v) is 12.2. The van der Waals surface area contributed by atoms with Gasteiger partial charge in [0.25, 0.3) is 10.0 Å². The molecule has 0 spiro atoms. The van der Waals surface area contributed by atoms with Crippen molar-refractivity contribution in [3.05, 3.63) is 82.9 Å². The molecule has 9 nitrogen and oxygen atoms in total. The van der Waals surface area contributed by atoms with E-state index in [1.807, 2.05) is 0 Å². The van der Waals surface area contributed by atoms with Crippen molar-refractivity contribution in [1.29, 1.82) is 0 Å². The number of rotatable bonds is 6. The van der Waals surface area contributed by atoms with E-state index in [0.29, 0.717) is 11.2 Å². The zero-order valence-electron chi connectivity index (χ0n) is 17.7. The molecule has 0 atom stereocenters. The average Bonchev–Trinajstić information content (AvgIpc) is 3.40. The van der Waals surface area contributed by atoms with Gasteiger partial charge in [-0.25, -0.2) is 37.1 Å². The van der Waals surface area contributed by atoms with Crippen LogP contribution in [0.4, 0.5) is 26.0 Å². The minimum absolute atomic E-state index is 0.00580. The first kappa shape index (κ1) is 23.9. The molecule has 0 fully saturated rings. The van der Waals surface area contributed by atoms with Crippen LogP contribution in [0.1, 0.15) is 0 Å². The molecule has 5 aromatic rings. The SMILES string of the molecule is O=S(=O)(Nc1ccc(F)c(Nc2ncnc3ccc(-c4ncco4)nc23)c1F)c1cccc(Cl)c1Cl. The highest BCUT2D eigenvalue weighted by atomic mass is 35.5. The zero-order valence-corrected chi connectivity index (χ0v) is 20.0. The second-order valence-electron chi connectivity index (χ2n) is 7.19. The van der Waals surface area contributed by atoms with Crippen molar-refractivity contribution in [3.63, 3.8) is 0 Å². The summed E-state index contributed by atoms with van der Waals surface area (Å²) >= 11 is 11.9. The van der Waals surface area contributed by atoms with Crippen LogP contribution in [-0.2, 0) is 10.0 Å². The molecule has 0 saturated heterocycles. The first-order chi connectivity index (χ1) is 17.2. The lowest BCUT2D eigenvalue weighted by Crippen LogP contribution is -2.15. The highest BCUT2D eigenvalue weighted by Gasteiger charge is 2.24. The van der Waals surface area contributed by atoms with Crippen molar-refractivity contribution < 1.29 is 21.6 Å². The molecule has 0 saturated carbocycles. The van der Waals surface area contributed by atoms with Crippen LogP contribution in [0.3, 0.4) is 0 Å². The van der Waals surface area contributed by atoms with Crippen LogP contribution in [0, 0.1) is 11.6 Å². The highest BCUT2D eigenvalue weighted by molar-refractivity contribution is 7.92. The number of fused-ring (bicyclic) bond motifs is 1. The number of nitrogens with zero attached hydrogens (tertiary/aromatic N) is 4. The lowest BCUT2D eigenvalue weighted by atomic mass is 10.2. The fourth-order valence-corrected chi connectivity index (χ4v) is 5.08. The topological polar surface area (TPSA) is 123 Å². The van der Waals surface area contributed by atoms with Crippen molar-refractivity contribution in [1.82, 2.24) is 19.9 Å². The maximum atomic E-state index is 15.4. The van der Waals surface area contributed by atoms with E-state index in [-0.39, 0.29) is 32.2 Å². The molecule has 0 unspecified atom stereocenters. The van der Waals surface area contributed by atoms with Gasteiger partial charge in [0.2, 0.25) is 5.89 Å². The van der Waals surface area contributed by atoms with Crippen LogP contribution < -0.4 is 10.0 Å². The Morgan fingerprint density at radius 2 is 1.81 bits per heavy atom. The van der Waals surface area contributed by atoms with Gasteiger partial charge in [0.05, 0.1) is 27.4 Å². The minimum Gasteiger partial charge on any atom is -0.443 e. The van der Waals surface area contributed by atoms with Gasteiger partial charge in [0, 0.05) is 0 Å². The average molecular weight is 549 g/mol. The van der Waals surface area contributed by atoms with Gasteiger partial charge in [0.15, 0.2) is 11.6 Å². The number of hydrogen-bond acceptors (Lipinski definition) is 8. The molecule has 0 aliphatic rings. The molecule has 3 heterocycles. The molecule has 36 heavy (non-hydrogen) atoms. The third kappa shape index (κ3) is 4.41. The van der Waals surface area contributed by atoms with Gasteiger partial charge in [-0.2, -0.15) is 0 Å². The van der Waals surface area contributed by atoms with E-state index in [2.05, 4.69) is 30.0 Å². The maximum Gasteiger partial charge on any atom is 0.263 e. The molecule has 2 N–H and O–H groups in total. The summed E-state index contributed by atoms with van der Waals surface area (Å²) in [6.45, 7) is 0. The van der Waals surface area contributed by atoms with Crippen LogP contribution in [0.5, 0.6) is 0 Å². The Labute approximate surface area is 212 Å². The van der Waals surface area contributed by atoms with Gasteiger partial charge in [-0.15, -0.1) is 0 Å². The van der Waals surface area contributed by atoms with Gasteiger partial charge in [-0.3, -0.25) is 4.72 Å². The zero-order chi connectivity index (χ0) is 25.4. The summed E-state index contributed by atoms with van der Waals surface area (Å²) < 4.78 is 63.0. The Bertz CT molecular complexity index is 1720. The van der Waals surface area contributed by atoms with Crippen LogP contribution in [0.25, 0.3) is 22.6 Å². The second kappa shape index (κ2) is 9.30. The third-order valence-electron chi connectivity index (χ3n) is 4.92. The van der Waals surface area contributed by atoms with Gasteiger partial charge in [0.1, 0.15) is 40.2 Å². The van der Waals surface area contributed by atoms with E-state index >= 15 is 4.39 Å². The van der Waals surface area contributed by atoms with E-state index in [0.717, 1.165) is 12.1 Å². The summed E-state index contributed by atoms with van der Waals surface area (Å²) in [5.74, 6) is -2.05. The Morgan fingerprint density at radius 3 is 2.58 bits per heavy atom. The largest absolute Gasteiger partial charge is 0.443 e. The van der Waals surface area contributed by atoms with Crippen molar-refractivity contribution in [2.75, 3.05) is 10.0 Å². The van der Waals surface area contributed by atoms with Gasteiger partial charge >= 0.3 is 0 Å². The maximum absolute atomic E-state index is 15.4. The van der Waals surface area contributed by atoms with Gasteiger partial charge < -0.3 is 9.73 Å². The summed E-state index contributed by atoms with van der Waals surface area (Å²) in [5.41, 5.74) is -0.330. The monoisotopic (exact) mass is 548 g/mol. The van der Waals surface area contributed by atoms with Gasteiger partial charge in [-0.1, -0.05) is 29.3 Å². The molecule has 182 valence electrons. The van der Waals surface area contributed by atoms with E-state index in [4.69, 9.17) is 27.6 Å². The van der Waals surface area contributed by atoms with Crippen LogP contribution >= 0.6 is 23.2 Å². The standard InChI is InChI=1S/C22H12Cl2F2N6O3S/c23-11-2-1-3-16(17(11)24)36(33,34)32-13-5-4-12(25)19(18(13)26)31-21-20-14(28-10-29-21)6-7-15(30-20)22-27-8-9-35-22/h1-10,32H,(H,28,29,31). The summed E-state index contributed by atoms with van der Waals surface area (Å²) in [6.07, 6.45) is 3.99. The molecule has 0 aliphatic carbocycles. The summed E-state index contributed by atoms with van der Waals surface area (Å²) in [7, 11) is -4.37. The predicted octanol–water partition coefficient (Wildman–Crippen LogP) is 5.81. The number of benzene rings is 2. The molecule has 0 amide bonds. The molecular formula is C22H12Cl2F2N6O3S. The number of sulfonamides is 1. The smallest absolute Gasteiger partial charge is 0.263 e. The number of nitrogens with one attached hydrogen (secondary N) is 2.